The maximum Gasteiger partial charge on any atom is 0.234 e. The number of hydrogen-bond acceptors (Lipinski definition) is 5. The van der Waals surface area contributed by atoms with Gasteiger partial charge in [0.05, 0.1) is 17.3 Å². The van der Waals surface area contributed by atoms with Crippen molar-refractivity contribution in [2.24, 2.45) is 11.5 Å². The Kier molecular flexibility index (Phi) is 6.92. The van der Waals surface area contributed by atoms with Crippen LogP contribution in [0.2, 0.25) is 0 Å². The Morgan fingerprint density at radius 3 is 2.64 bits per heavy atom. The lowest BCUT2D eigenvalue weighted by atomic mass is 10.2. The van der Waals surface area contributed by atoms with Crippen LogP contribution in [0.5, 0.6) is 0 Å². The fourth-order valence-electron chi connectivity index (χ4n) is 2.58. The third-order valence-corrected chi connectivity index (χ3v) is 4.79. The molecule has 1 fully saturated rings. The molecule has 3 rings (SSSR count). The van der Waals surface area contributed by atoms with Gasteiger partial charge >= 0.3 is 0 Å². The second kappa shape index (κ2) is 9.16. The van der Waals surface area contributed by atoms with Crippen LogP contribution in [0.15, 0.2) is 35.7 Å². The first-order valence-electron chi connectivity index (χ1n) is 8.03. The molecule has 1 amide bonds. The van der Waals surface area contributed by atoms with E-state index < -0.39 is 11.9 Å². The van der Waals surface area contributed by atoms with E-state index in [4.69, 9.17) is 16.7 Å². The van der Waals surface area contributed by atoms with Crippen molar-refractivity contribution >= 4 is 22.9 Å². The SMILES string of the molecule is N#Cc1cc(F)ccc1N1CCCC1.NC(=O)[C@@H](N)Cc1cccs1. The average molecular weight is 360 g/mol. The molecule has 25 heavy (non-hydrogen) atoms. The molecule has 2 aromatic rings. The number of benzene rings is 1. The minimum absolute atomic E-state index is 0.343. The van der Waals surface area contributed by atoms with Gasteiger partial charge in [-0.05, 0) is 42.5 Å². The normalized spacial score (nSPS) is 14.4. The van der Waals surface area contributed by atoms with Crippen LogP contribution >= 0.6 is 11.3 Å². The van der Waals surface area contributed by atoms with Gasteiger partial charge in [0.2, 0.25) is 5.91 Å². The number of primary amides is 1. The number of anilines is 1. The molecule has 7 heteroatoms. The van der Waals surface area contributed by atoms with Crippen molar-refractivity contribution in [3.8, 4) is 6.07 Å². The lowest BCUT2D eigenvalue weighted by Gasteiger charge is -2.18. The van der Waals surface area contributed by atoms with Gasteiger partial charge in [-0.15, -0.1) is 11.3 Å². The molecule has 2 heterocycles. The molecule has 0 unspecified atom stereocenters. The quantitative estimate of drug-likeness (QED) is 0.875. The van der Waals surface area contributed by atoms with E-state index in [-0.39, 0.29) is 5.82 Å². The summed E-state index contributed by atoms with van der Waals surface area (Å²) in [5, 5.41) is 10.8. The van der Waals surface area contributed by atoms with E-state index in [1.165, 1.54) is 12.1 Å². The van der Waals surface area contributed by atoms with Gasteiger partial charge in [-0.25, -0.2) is 4.39 Å². The first-order chi connectivity index (χ1) is 12.0. The minimum Gasteiger partial charge on any atom is -0.370 e. The highest BCUT2D eigenvalue weighted by Crippen LogP contribution is 2.24. The fourth-order valence-corrected chi connectivity index (χ4v) is 3.34. The van der Waals surface area contributed by atoms with E-state index in [1.807, 2.05) is 23.6 Å². The number of nitrogens with two attached hydrogens (primary N) is 2. The smallest absolute Gasteiger partial charge is 0.234 e. The van der Waals surface area contributed by atoms with Crippen molar-refractivity contribution in [1.82, 2.24) is 0 Å². The average Bonchev–Trinajstić information content (AvgIpc) is 3.28. The number of hydrogen-bond donors (Lipinski definition) is 2. The number of amides is 1. The predicted octanol–water partition coefficient (Wildman–Crippen LogP) is 2.40. The zero-order valence-electron chi connectivity index (χ0n) is 13.8. The van der Waals surface area contributed by atoms with Crippen LogP contribution in [0.3, 0.4) is 0 Å². The van der Waals surface area contributed by atoms with Gasteiger partial charge < -0.3 is 16.4 Å². The molecule has 0 saturated carbocycles. The Hall–Kier alpha value is -2.43. The van der Waals surface area contributed by atoms with Crippen molar-refractivity contribution < 1.29 is 9.18 Å². The van der Waals surface area contributed by atoms with Gasteiger partial charge in [0.25, 0.3) is 0 Å². The summed E-state index contributed by atoms with van der Waals surface area (Å²) >= 11 is 1.58. The Balaban J connectivity index is 0.000000186. The monoisotopic (exact) mass is 360 g/mol. The Morgan fingerprint density at radius 1 is 1.36 bits per heavy atom. The lowest BCUT2D eigenvalue weighted by molar-refractivity contribution is -0.119. The molecule has 1 aromatic heterocycles. The van der Waals surface area contributed by atoms with E-state index in [0.717, 1.165) is 36.5 Å². The number of nitrogens with zero attached hydrogens (tertiary/aromatic N) is 2. The highest BCUT2D eigenvalue weighted by Gasteiger charge is 2.15. The van der Waals surface area contributed by atoms with Crippen LogP contribution < -0.4 is 16.4 Å². The number of carbonyl (C=O) groups excluding carboxylic acids is 1. The standard InChI is InChI=1S/C11H11FN2.C7H10N2OS/c12-10-3-4-11(9(7-10)8-13)14-5-1-2-6-14;8-6(7(9)10)4-5-2-1-3-11-5/h3-4,7H,1-2,5-6H2;1-3,6H,4,8H2,(H2,9,10)/t;6-/m.0/s1. The third kappa shape index (κ3) is 5.55. The summed E-state index contributed by atoms with van der Waals surface area (Å²) in [6, 6.07) is 9.75. The van der Waals surface area contributed by atoms with Crippen molar-refractivity contribution in [3.05, 3.63) is 52.0 Å². The summed E-state index contributed by atoms with van der Waals surface area (Å²) in [7, 11) is 0. The molecule has 4 N–H and O–H groups in total. The summed E-state index contributed by atoms with van der Waals surface area (Å²) in [6.45, 7) is 1.95. The van der Waals surface area contributed by atoms with E-state index in [2.05, 4.69) is 4.90 Å². The van der Waals surface area contributed by atoms with Crippen LogP contribution in [0.25, 0.3) is 0 Å². The largest absolute Gasteiger partial charge is 0.370 e. The second-order valence-electron chi connectivity index (χ2n) is 5.76. The van der Waals surface area contributed by atoms with E-state index in [1.54, 1.807) is 17.4 Å². The molecule has 5 nitrogen and oxygen atoms in total. The van der Waals surface area contributed by atoms with Crippen LogP contribution in [0.1, 0.15) is 23.3 Å². The molecule has 1 saturated heterocycles. The Labute approximate surface area is 150 Å². The van der Waals surface area contributed by atoms with Gasteiger partial charge in [-0.1, -0.05) is 6.07 Å². The number of carbonyl (C=O) groups is 1. The maximum atomic E-state index is 12.9. The van der Waals surface area contributed by atoms with Gasteiger partial charge in [-0.2, -0.15) is 5.26 Å². The van der Waals surface area contributed by atoms with Crippen LogP contribution in [-0.4, -0.2) is 25.0 Å². The topological polar surface area (TPSA) is 96.1 Å². The predicted molar refractivity (Wildman–Crippen MR) is 97.8 cm³/mol. The Bertz CT molecular complexity index is 736. The molecule has 1 aromatic carbocycles. The first-order valence-corrected chi connectivity index (χ1v) is 8.91. The van der Waals surface area contributed by atoms with E-state index >= 15 is 0 Å². The highest BCUT2D eigenvalue weighted by atomic mass is 32.1. The molecule has 0 spiro atoms. The first kappa shape index (κ1) is 18.9. The zero-order valence-corrected chi connectivity index (χ0v) is 14.6. The van der Waals surface area contributed by atoms with E-state index in [0.29, 0.717) is 12.0 Å². The summed E-state index contributed by atoms with van der Waals surface area (Å²) in [4.78, 5) is 13.8. The summed E-state index contributed by atoms with van der Waals surface area (Å²) in [6.07, 6.45) is 2.86. The van der Waals surface area contributed by atoms with Crippen molar-refractivity contribution in [1.29, 1.82) is 5.26 Å². The summed E-state index contributed by atoms with van der Waals surface area (Å²) in [5.41, 5.74) is 11.7. The molecule has 1 aliphatic heterocycles. The highest BCUT2D eigenvalue weighted by molar-refractivity contribution is 7.09. The maximum absolute atomic E-state index is 12.9. The molecule has 0 bridgehead atoms. The molecule has 0 radical (unpaired) electrons. The Morgan fingerprint density at radius 2 is 2.08 bits per heavy atom. The molecule has 1 atom stereocenters. The van der Waals surface area contributed by atoms with E-state index in [9.17, 15) is 9.18 Å². The van der Waals surface area contributed by atoms with Crippen molar-refractivity contribution in [2.75, 3.05) is 18.0 Å². The second-order valence-corrected chi connectivity index (χ2v) is 6.79. The van der Waals surface area contributed by atoms with Gasteiger partial charge in [0.1, 0.15) is 11.9 Å². The van der Waals surface area contributed by atoms with Crippen LogP contribution in [-0.2, 0) is 11.2 Å². The van der Waals surface area contributed by atoms with Gasteiger partial charge in [0.15, 0.2) is 0 Å². The number of halogens is 1. The molecular formula is C18H21FN4OS. The lowest BCUT2D eigenvalue weighted by Crippen LogP contribution is -2.37. The fraction of sp³-hybridized carbons (Fsp3) is 0.333. The number of nitriles is 1. The van der Waals surface area contributed by atoms with Crippen molar-refractivity contribution in [2.45, 2.75) is 25.3 Å². The van der Waals surface area contributed by atoms with Gasteiger partial charge in [-0.3, -0.25) is 4.79 Å². The number of thiophene rings is 1. The molecule has 1 aliphatic rings. The van der Waals surface area contributed by atoms with Crippen LogP contribution in [0.4, 0.5) is 10.1 Å². The molecule has 0 aliphatic carbocycles. The van der Waals surface area contributed by atoms with Crippen LogP contribution in [0, 0.1) is 17.1 Å². The third-order valence-electron chi connectivity index (χ3n) is 3.89. The zero-order chi connectivity index (χ0) is 18.2. The summed E-state index contributed by atoms with van der Waals surface area (Å²) in [5.74, 6) is -0.789. The molecular weight excluding hydrogens is 339 g/mol. The van der Waals surface area contributed by atoms with Crippen molar-refractivity contribution in [3.63, 3.8) is 0 Å². The minimum atomic E-state index is -0.548. The van der Waals surface area contributed by atoms with Gasteiger partial charge in [0, 0.05) is 24.4 Å². The molecule has 132 valence electrons. The summed E-state index contributed by atoms with van der Waals surface area (Å²) < 4.78 is 12.9. The number of rotatable bonds is 4.